The normalized spacial score (nSPS) is 20.0. The molecule has 0 amide bonds. The largest absolute Gasteiger partial charge is 0.389 e. The number of halogens is 1. The summed E-state index contributed by atoms with van der Waals surface area (Å²) in [7, 11) is 0. The highest BCUT2D eigenvalue weighted by Crippen LogP contribution is 2.24. The first-order chi connectivity index (χ1) is 9.61. The first-order valence-electron chi connectivity index (χ1n) is 7.44. The Morgan fingerprint density at radius 2 is 2.25 bits per heavy atom. The first kappa shape index (κ1) is 15.4. The molecule has 110 valence electrons. The van der Waals surface area contributed by atoms with Crippen LogP contribution in [0.25, 0.3) is 0 Å². The van der Waals surface area contributed by atoms with Gasteiger partial charge in [0.25, 0.3) is 0 Å². The van der Waals surface area contributed by atoms with Gasteiger partial charge in [0.1, 0.15) is 10.8 Å². The number of likely N-dealkylation sites (tertiary alicyclic amines) is 1. The van der Waals surface area contributed by atoms with Gasteiger partial charge >= 0.3 is 0 Å². The van der Waals surface area contributed by atoms with Gasteiger partial charge in [0.05, 0.1) is 0 Å². The third kappa shape index (κ3) is 3.76. The molecule has 1 aromatic carbocycles. The standard InChI is InChI=1S/C16H23FN2S/c1-2-5-14-6-3-4-9-19(14)11-12-10-13(17)7-8-15(12)16(18)20/h7-8,10,14H,2-6,9,11H2,1H3,(H2,18,20). The summed E-state index contributed by atoms with van der Waals surface area (Å²) in [5.41, 5.74) is 7.48. The first-order valence-corrected chi connectivity index (χ1v) is 7.85. The molecule has 20 heavy (non-hydrogen) atoms. The molecule has 2 nitrogen and oxygen atoms in total. The third-order valence-corrected chi connectivity index (χ3v) is 4.30. The van der Waals surface area contributed by atoms with Gasteiger partial charge in [-0.3, -0.25) is 4.90 Å². The average molecular weight is 294 g/mol. The van der Waals surface area contributed by atoms with Crippen molar-refractivity contribution in [1.82, 2.24) is 4.90 Å². The molecule has 4 heteroatoms. The summed E-state index contributed by atoms with van der Waals surface area (Å²) < 4.78 is 13.5. The predicted octanol–water partition coefficient (Wildman–Crippen LogP) is 3.61. The van der Waals surface area contributed by atoms with Crippen LogP contribution in [0.5, 0.6) is 0 Å². The fourth-order valence-corrected chi connectivity index (χ4v) is 3.28. The van der Waals surface area contributed by atoms with Crippen molar-refractivity contribution in [3.8, 4) is 0 Å². The van der Waals surface area contributed by atoms with Crippen molar-refractivity contribution in [2.24, 2.45) is 5.73 Å². The predicted molar refractivity (Wildman–Crippen MR) is 85.2 cm³/mol. The second-order valence-electron chi connectivity index (χ2n) is 5.57. The molecule has 0 bridgehead atoms. The summed E-state index contributed by atoms with van der Waals surface area (Å²) >= 11 is 5.08. The molecule has 0 radical (unpaired) electrons. The number of piperidine rings is 1. The molecule has 2 N–H and O–H groups in total. The van der Waals surface area contributed by atoms with Crippen LogP contribution in [0, 0.1) is 5.82 Å². The van der Waals surface area contributed by atoms with Crippen molar-refractivity contribution in [2.45, 2.75) is 51.6 Å². The van der Waals surface area contributed by atoms with Crippen molar-refractivity contribution in [3.05, 3.63) is 35.1 Å². The fourth-order valence-electron chi connectivity index (χ4n) is 3.08. The molecule has 0 aliphatic carbocycles. The highest BCUT2D eigenvalue weighted by molar-refractivity contribution is 7.80. The van der Waals surface area contributed by atoms with Crippen molar-refractivity contribution in [3.63, 3.8) is 0 Å². The van der Waals surface area contributed by atoms with Gasteiger partial charge in [0, 0.05) is 18.2 Å². The van der Waals surface area contributed by atoms with E-state index in [1.54, 1.807) is 12.1 Å². The molecule has 1 aromatic rings. The lowest BCUT2D eigenvalue weighted by Gasteiger charge is -2.36. The third-order valence-electron chi connectivity index (χ3n) is 4.08. The van der Waals surface area contributed by atoms with Gasteiger partial charge in [-0.25, -0.2) is 4.39 Å². The van der Waals surface area contributed by atoms with Crippen molar-refractivity contribution in [2.75, 3.05) is 6.54 Å². The van der Waals surface area contributed by atoms with Crippen LogP contribution in [-0.2, 0) is 6.54 Å². The Balaban J connectivity index is 2.18. The molecule has 0 spiro atoms. The van der Waals surface area contributed by atoms with E-state index in [2.05, 4.69) is 11.8 Å². The Labute approximate surface area is 126 Å². The van der Waals surface area contributed by atoms with Crippen LogP contribution in [0.2, 0.25) is 0 Å². The van der Waals surface area contributed by atoms with Crippen molar-refractivity contribution < 1.29 is 4.39 Å². The molecule has 1 saturated heterocycles. The molecular weight excluding hydrogens is 271 g/mol. The van der Waals surface area contributed by atoms with Gasteiger partial charge in [-0.2, -0.15) is 0 Å². The van der Waals surface area contributed by atoms with Crippen LogP contribution in [0.1, 0.15) is 50.2 Å². The van der Waals surface area contributed by atoms with Crippen molar-refractivity contribution >= 4 is 17.2 Å². The molecule has 1 unspecified atom stereocenters. The Morgan fingerprint density at radius 3 is 2.95 bits per heavy atom. The number of nitrogens with zero attached hydrogens (tertiary/aromatic N) is 1. The average Bonchev–Trinajstić information content (AvgIpc) is 2.41. The molecule has 1 fully saturated rings. The van der Waals surface area contributed by atoms with Gasteiger partial charge in [0.2, 0.25) is 0 Å². The van der Waals surface area contributed by atoms with Crippen LogP contribution in [-0.4, -0.2) is 22.5 Å². The molecular formula is C16H23FN2S. The van der Waals surface area contributed by atoms with E-state index in [1.165, 1.54) is 38.2 Å². The van der Waals surface area contributed by atoms with Crippen LogP contribution in [0.4, 0.5) is 4.39 Å². The van der Waals surface area contributed by atoms with E-state index in [0.29, 0.717) is 11.0 Å². The smallest absolute Gasteiger partial charge is 0.123 e. The number of hydrogen-bond acceptors (Lipinski definition) is 2. The molecule has 1 aliphatic rings. The maximum Gasteiger partial charge on any atom is 0.123 e. The topological polar surface area (TPSA) is 29.3 Å². The second kappa shape index (κ2) is 7.14. The van der Waals surface area contributed by atoms with Gasteiger partial charge in [-0.15, -0.1) is 0 Å². The maximum atomic E-state index is 13.5. The Hall–Kier alpha value is -1.00. The lowest BCUT2D eigenvalue weighted by atomic mass is 9.96. The van der Waals surface area contributed by atoms with E-state index >= 15 is 0 Å². The number of nitrogens with two attached hydrogens (primary N) is 1. The lowest BCUT2D eigenvalue weighted by molar-refractivity contribution is 0.131. The van der Waals surface area contributed by atoms with Crippen LogP contribution < -0.4 is 5.73 Å². The summed E-state index contributed by atoms with van der Waals surface area (Å²) in [4.78, 5) is 2.81. The number of thiocarbonyl (C=S) groups is 1. The van der Waals surface area contributed by atoms with E-state index in [4.69, 9.17) is 18.0 Å². The highest BCUT2D eigenvalue weighted by atomic mass is 32.1. The Morgan fingerprint density at radius 1 is 1.45 bits per heavy atom. The molecule has 1 atom stereocenters. The number of rotatable bonds is 5. The summed E-state index contributed by atoms with van der Waals surface area (Å²) in [6.45, 7) is 4.04. The zero-order valence-corrected chi connectivity index (χ0v) is 12.9. The van der Waals surface area contributed by atoms with Crippen LogP contribution in [0.15, 0.2) is 18.2 Å². The zero-order chi connectivity index (χ0) is 14.5. The van der Waals surface area contributed by atoms with E-state index in [1.807, 2.05) is 0 Å². The van der Waals surface area contributed by atoms with E-state index in [9.17, 15) is 4.39 Å². The second-order valence-corrected chi connectivity index (χ2v) is 6.01. The van der Waals surface area contributed by atoms with Gasteiger partial charge in [0.15, 0.2) is 0 Å². The van der Waals surface area contributed by atoms with E-state index < -0.39 is 0 Å². The summed E-state index contributed by atoms with van der Waals surface area (Å²) in [5, 5.41) is 0. The van der Waals surface area contributed by atoms with Gasteiger partial charge in [-0.05, 0) is 49.6 Å². The fraction of sp³-hybridized carbons (Fsp3) is 0.562. The van der Waals surface area contributed by atoms with Crippen LogP contribution in [0.3, 0.4) is 0 Å². The summed E-state index contributed by atoms with van der Waals surface area (Å²) in [6.07, 6.45) is 6.15. The monoisotopic (exact) mass is 294 g/mol. The van der Waals surface area contributed by atoms with Gasteiger partial charge in [-0.1, -0.05) is 32.0 Å². The Kier molecular flexibility index (Phi) is 5.49. The van der Waals surface area contributed by atoms with Gasteiger partial charge < -0.3 is 5.73 Å². The number of hydrogen-bond donors (Lipinski definition) is 1. The molecule has 1 heterocycles. The SMILES string of the molecule is CCCC1CCCCN1Cc1cc(F)ccc1C(N)=S. The van der Waals surface area contributed by atoms with Crippen LogP contribution >= 0.6 is 12.2 Å². The zero-order valence-electron chi connectivity index (χ0n) is 12.1. The maximum absolute atomic E-state index is 13.5. The minimum Gasteiger partial charge on any atom is -0.389 e. The quantitative estimate of drug-likeness (QED) is 0.841. The molecule has 1 aliphatic heterocycles. The minimum absolute atomic E-state index is 0.218. The summed E-state index contributed by atoms with van der Waals surface area (Å²) in [6, 6.07) is 5.31. The minimum atomic E-state index is -0.218. The molecule has 2 rings (SSSR count). The molecule has 0 saturated carbocycles. The van der Waals surface area contributed by atoms with E-state index in [0.717, 1.165) is 24.2 Å². The summed E-state index contributed by atoms with van der Waals surface area (Å²) in [5.74, 6) is -0.218. The number of benzene rings is 1. The van der Waals surface area contributed by atoms with E-state index in [-0.39, 0.29) is 5.82 Å². The molecule has 0 aromatic heterocycles. The lowest BCUT2D eigenvalue weighted by Crippen LogP contribution is -2.39. The highest BCUT2D eigenvalue weighted by Gasteiger charge is 2.22. The van der Waals surface area contributed by atoms with Crippen molar-refractivity contribution in [1.29, 1.82) is 0 Å². The Bertz CT molecular complexity index is 474.